The molecule has 3 aromatic heterocycles. The Morgan fingerprint density at radius 1 is 0.960 bits per heavy atom. The Bertz CT molecular complexity index is 2240. The number of ether oxygens (including phenoxy) is 1. The number of sulfonamides is 1. The van der Waals surface area contributed by atoms with Gasteiger partial charge in [0.2, 0.25) is 17.5 Å². The van der Waals surface area contributed by atoms with Gasteiger partial charge in [-0.1, -0.05) is 44.5 Å². The van der Waals surface area contributed by atoms with E-state index in [4.69, 9.17) is 14.1 Å². The molecule has 4 bridgehead atoms. The number of nitrogens with zero attached hydrogens (tertiary/aromatic N) is 5. The van der Waals surface area contributed by atoms with Crippen LogP contribution in [0.1, 0.15) is 85.3 Å². The summed E-state index contributed by atoms with van der Waals surface area (Å²) in [7, 11) is -4.18. The Kier molecular flexibility index (Phi) is 7.70. The summed E-state index contributed by atoms with van der Waals surface area (Å²) in [4.78, 5) is 34.9. The van der Waals surface area contributed by atoms with Crippen molar-refractivity contribution in [2.75, 3.05) is 11.3 Å². The fourth-order valence-corrected chi connectivity index (χ4v) is 8.18. The Morgan fingerprint density at radius 3 is 2.44 bits per heavy atom. The molecule has 2 saturated carbocycles. The zero-order chi connectivity index (χ0) is 34.8. The van der Waals surface area contributed by atoms with E-state index < -0.39 is 16.1 Å². The number of amides is 1. The molecule has 0 saturated heterocycles. The monoisotopic (exact) mass is 692 g/mol. The van der Waals surface area contributed by atoms with Crippen LogP contribution in [-0.2, 0) is 22.0 Å². The van der Waals surface area contributed by atoms with Crippen molar-refractivity contribution in [3.8, 4) is 17.1 Å². The number of hydrogen-bond donors (Lipinski definition) is 1. The van der Waals surface area contributed by atoms with Crippen LogP contribution in [0.25, 0.3) is 22.5 Å². The second-order valence-corrected chi connectivity index (χ2v) is 16.5. The molecule has 1 amide bonds. The first-order chi connectivity index (χ1) is 23.9. The van der Waals surface area contributed by atoms with E-state index in [0.29, 0.717) is 29.0 Å². The predicted octanol–water partition coefficient (Wildman–Crippen LogP) is 7.13. The quantitative estimate of drug-likeness (QED) is 0.197. The Labute approximate surface area is 291 Å². The van der Waals surface area contributed by atoms with Crippen LogP contribution in [0.4, 0.5) is 5.95 Å². The molecule has 2 aliphatic carbocycles. The van der Waals surface area contributed by atoms with Gasteiger partial charge in [-0.3, -0.25) is 4.79 Å². The molecule has 12 heteroatoms. The molecule has 1 aliphatic heterocycles. The number of fused-ring (bicyclic) bond motifs is 5. The van der Waals surface area contributed by atoms with Crippen LogP contribution in [0.15, 0.2) is 70.1 Å². The molecular formula is C38H40N6O5S. The number of aromatic nitrogens is 4. The summed E-state index contributed by atoms with van der Waals surface area (Å²) < 4.78 is 42.6. The maximum atomic E-state index is 14.6. The third kappa shape index (κ3) is 6.10. The molecule has 2 aromatic carbocycles. The number of anilines is 1. The second-order valence-electron chi connectivity index (χ2n) is 14.8. The summed E-state index contributed by atoms with van der Waals surface area (Å²) in [5.74, 6) is 0.650. The van der Waals surface area contributed by atoms with Crippen LogP contribution in [0.2, 0.25) is 0 Å². The molecule has 11 nitrogen and oxygen atoms in total. The van der Waals surface area contributed by atoms with Crippen LogP contribution in [0.3, 0.4) is 0 Å². The Morgan fingerprint density at radius 2 is 1.72 bits per heavy atom. The lowest BCUT2D eigenvalue weighted by Crippen LogP contribution is -2.44. The molecule has 258 valence electrons. The van der Waals surface area contributed by atoms with Gasteiger partial charge in [0.05, 0.1) is 35.1 Å². The van der Waals surface area contributed by atoms with Crippen molar-refractivity contribution < 1.29 is 22.4 Å². The van der Waals surface area contributed by atoms with Crippen molar-refractivity contribution in [1.29, 1.82) is 0 Å². The minimum absolute atomic E-state index is 0.00474. The highest BCUT2D eigenvalue weighted by atomic mass is 32.2. The number of carbonyl (C=O) groups is 1. The fraction of sp³-hybridized carbons (Fsp3) is 0.395. The number of hydrogen-bond acceptors (Lipinski definition) is 9. The van der Waals surface area contributed by atoms with Crippen LogP contribution in [-0.4, -0.2) is 51.8 Å². The van der Waals surface area contributed by atoms with Gasteiger partial charge in [-0.05, 0) is 80.7 Å². The van der Waals surface area contributed by atoms with Crippen LogP contribution in [0, 0.1) is 19.3 Å². The molecule has 5 aromatic rings. The average molecular weight is 693 g/mol. The number of furan rings is 1. The van der Waals surface area contributed by atoms with Gasteiger partial charge in [0, 0.05) is 28.7 Å². The zero-order valence-electron chi connectivity index (χ0n) is 28.7. The molecule has 1 N–H and O–H groups in total. The molecule has 4 heterocycles. The molecular weight excluding hydrogens is 653 g/mol. The van der Waals surface area contributed by atoms with E-state index >= 15 is 0 Å². The van der Waals surface area contributed by atoms with Gasteiger partial charge in [-0.15, -0.1) is 0 Å². The van der Waals surface area contributed by atoms with Gasteiger partial charge in [-0.25, -0.2) is 28.1 Å². The standard InChI is InChI=1S/C38H40N6O5S/c1-23-8-5-9-24(2)33(23)29-18-32-42-36(41-29)43-50(46,47)28-11-6-10-25(16-28)35(45)44(27(22-48-32)19-37(3)14-15-37)21-26-20-39-34-30(40-26)17-31(49-34)38(4)12-7-13-38/h5-6,8-11,16-18,20,27H,7,12-15,19,21-22H2,1-4H3,(H,41,42,43)/t27-/m1/s1. The van der Waals surface area contributed by atoms with Crippen LogP contribution < -0.4 is 9.46 Å². The van der Waals surface area contributed by atoms with Gasteiger partial charge >= 0.3 is 0 Å². The lowest BCUT2D eigenvalue weighted by Gasteiger charge is -2.35. The summed E-state index contributed by atoms with van der Waals surface area (Å²) in [6.07, 6.45) is 7.71. The number of benzene rings is 2. The molecule has 0 radical (unpaired) electrons. The van der Waals surface area contributed by atoms with E-state index in [2.05, 4.69) is 33.5 Å². The van der Waals surface area contributed by atoms with Crippen molar-refractivity contribution in [3.63, 3.8) is 0 Å². The number of aryl methyl sites for hydroxylation is 2. The van der Waals surface area contributed by atoms with Gasteiger partial charge in [0.15, 0.2) is 0 Å². The number of rotatable bonds is 6. The first kappa shape index (κ1) is 32.4. The van der Waals surface area contributed by atoms with Gasteiger partial charge < -0.3 is 14.1 Å². The topological polar surface area (TPSA) is 140 Å². The fourth-order valence-electron chi connectivity index (χ4n) is 7.19. The van der Waals surface area contributed by atoms with Crippen molar-refractivity contribution in [2.45, 2.75) is 89.1 Å². The smallest absolute Gasteiger partial charge is 0.264 e. The van der Waals surface area contributed by atoms with Crippen molar-refractivity contribution in [3.05, 3.63) is 88.9 Å². The normalized spacial score (nSPS) is 20.4. The van der Waals surface area contributed by atoms with E-state index in [1.54, 1.807) is 29.3 Å². The lowest BCUT2D eigenvalue weighted by atomic mass is 9.69. The van der Waals surface area contributed by atoms with E-state index in [0.717, 1.165) is 48.1 Å². The molecule has 3 aliphatic rings. The molecule has 0 unspecified atom stereocenters. The Hall–Kier alpha value is -4.84. The summed E-state index contributed by atoms with van der Waals surface area (Å²) in [6.45, 7) is 8.65. The first-order valence-electron chi connectivity index (χ1n) is 17.2. The van der Waals surface area contributed by atoms with E-state index in [-0.39, 0.29) is 52.2 Å². The second kappa shape index (κ2) is 11.9. The number of nitrogens with one attached hydrogen (secondary N) is 1. The third-order valence-electron chi connectivity index (χ3n) is 10.7. The summed E-state index contributed by atoms with van der Waals surface area (Å²) >= 11 is 0. The van der Waals surface area contributed by atoms with Gasteiger partial charge in [0.25, 0.3) is 15.9 Å². The molecule has 0 spiro atoms. The predicted molar refractivity (Wildman–Crippen MR) is 188 cm³/mol. The molecule has 2 fully saturated rings. The Balaban J connectivity index is 1.22. The average Bonchev–Trinajstić information content (AvgIpc) is 3.64. The largest absolute Gasteiger partial charge is 0.475 e. The van der Waals surface area contributed by atoms with Gasteiger partial charge in [0.1, 0.15) is 17.9 Å². The van der Waals surface area contributed by atoms with Crippen LogP contribution in [0.5, 0.6) is 5.88 Å². The third-order valence-corrected chi connectivity index (χ3v) is 12.0. The van der Waals surface area contributed by atoms with E-state index in [1.807, 2.05) is 38.1 Å². The van der Waals surface area contributed by atoms with Gasteiger partial charge in [-0.2, -0.15) is 4.98 Å². The highest BCUT2D eigenvalue weighted by Crippen LogP contribution is 2.50. The minimum Gasteiger partial charge on any atom is -0.475 e. The minimum atomic E-state index is -4.18. The van der Waals surface area contributed by atoms with Crippen molar-refractivity contribution >= 4 is 33.1 Å². The van der Waals surface area contributed by atoms with Crippen molar-refractivity contribution in [1.82, 2.24) is 24.8 Å². The molecule has 8 rings (SSSR count). The highest BCUT2D eigenvalue weighted by molar-refractivity contribution is 7.92. The summed E-state index contributed by atoms with van der Waals surface area (Å²) in [5, 5.41) is 0. The summed E-state index contributed by atoms with van der Waals surface area (Å²) in [5.41, 5.74) is 5.36. The molecule has 1 atom stereocenters. The maximum Gasteiger partial charge on any atom is 0.264 e. The summed E-state index contributed by atoms with van der Waals surface area (Å²) in [6, 6.07) is 15.3. The lowest BCUT2D eigenvalue weighted by molar-refractivity contribution is 0.0537. The first-order valence-corrected chi connectivity index (χ1v) is 18.6. The SMILES string of the molecule is Cc1cccc(C)c1-c1cc2nc(n1)NS(=O)(=O)c1cccc(c1)C(=O)N(Cc1cnc3oc(C4(C)CCC4)cc3n1)[C@H](CC1(C)CC1)CO2. The van der Waals surface area contributed by atoms with Crippen molar-refractivity contribution in [2.24, 2.45) is 5.41 Å². The highest BCUT2D eigenvalue weighted by Gasteiger charge is 2.42. The zero-order valence-corrected chi connectivity index (χ0v) is 29.5. The maximum absolute atomic E-state index is 14.6. The number of carbonyl (C=O) groups excluding carboxylic acids is 1. The molecule has 50 heavy (non-hydrogen) atoms. The van der Waals surface area contributed by atoms with E-state index in [1.165, 1.54) is 18.6 Å². The van der Waals surface area contributed by atoms with Crippen LogP contribution >= 0.6 is 0 Å². The van der Waals surface area contributed by atoms with E-state index in [9.17, 15) is 13.2 Å².